The minimum Gasteiger partial charge on any atom is -0.310 e. The molecule has 0 amide bonds. The lowest BCUT2D eigenvalue weighted by atomic mass is 9.96. The van der Waals surface area contributed by atoms with Crippen molar-refractivity contribution in [3.8, 4) is 11.4 Å². The molecule has 2 aromatic heterocycles. The van der Waals surface area contributed by atoms with E-state index in [0.717, 1.165) is 23.4 Å². The van der Waals surface area contributed by atoms with Gasteiger partial charge in [-0.25, -0.2) is 0 Å². The van der Waals surface area contributed by atoms with E-state index in [1.54, 1.807) is 0 Å². The number of fused-ring (bicyclic) bond motifs is 2. The Kier molecular flexibility index (Phi) is 7.31. The Labute approximate surface area is 243 Å². The van der Waals surface area contributed by atoms with Crippen molar-refractivity contribution in [3.05, 3.63) is 150 Å². The number of rotatable bonds is 8. The molecule has 0 aliphatic carbocycles. The molecule has 0 aliphatic rings. The molecule has 41 heavy (non-hydrogen) atoms. The third-order valence-corrected chi connectivity index (χ3v) is 8.06. The van der Waals surface area contributed by atoms with Gasteiger partial charge in [0.25, 0.3) is 0 Å². The number of nitrogens with zero attached hydrogens (tertiary/aromatic N) is 2. The van der Waals surface area contributed by atoms with Crippen LogP contribution in [0.2, 0.25) is 0 Å². The predicted octanol–water partition coefficient (Wildman–Crippen LogP) is 10.6. The van der Waals surface area contributed by atoms with E-state index in [-0.39, 0.29) is 5.92 Å². The lowest BCUT2D eigenvalue weighted by Crippen LogP contribution is -2.01. The number of aryl methyl sites for hydroxylation is 1. The van der Waals surface area contributed by atoms with Crippen molar-refractivity contribution >= 4 is 40.0 Å². The molecule has 0 bridgehead atoms. The molecule has 0 fully saturated rings. The lowest BCUT2D eigenvalue weighted by molar-refractivity contribution is 0.963. The molecule has 202 valence electrons. The fourth-order valence-electron chi connectivity index (χ4n) is 6.22. The summed E-state index contributed by atoms with van der Waals surface area (Å²) in [5.41, 5.74) is 11.1. The maximum Gasteiger partial charge on any atom is 0.0578 e. The molecule has 0 N–H and O–H groups in total. The summed E-state index contributed by atoms with van der Waals surface area (Å²) in [4.78, 5) is 0. The highest BCUT2D eigenvalue weighted by Gasteiger charge is 2.20. The Morgan fingerprint density at radius 1 is 0.707 bits per heavy atom. The molecule has 2 heterocycles. The highest BCUT2D eigenvalue weighted by Crippen LogP contribution is 2.37. The van der Waals surface area contributed by atoms with Gasteiger partial charge in [-0.2, -0.15) is 0 Å². The predicted molar refractivity (Wildman–Crippen MR) is 178 cm³/mol. The molecule has 4 aromatic carbocycles. The molecule has 2 heteroatoms. The van der Waals surface area contributed by atoms with Crippen molar-refractivity contribution in [1.82, 2.24) is 9.13 Å². The number of benzene rings is 4. The minimum atomic E-state index is 0.180. The summed E-state index contributed by atoms with van der Waals surface area (Å²) in [6.07, 6.45) is 12.0. The highest BCUT2D eigenvalue weighted by atomic mass is 15.0. The topological polar surface area (TPSA) is 9.86 Å². The lowest BCUT2D eigenvalue weighted by Gasteiger charge is -2.15. The van der Waals surface area contributed by atoms with E-state index < -0.39 is 0 Å². The Morgan fingerprint density at radius 2 is 1.34 bits per heavy atom. The molecule has 6 aromatic rings. The zero-order valence-corrected chi connectivity index (χ0v) is 24.1. The molecular weight excluding hydrogens is 496 g/mol. The maximum atomic E-state index is 4.20. The second-order valence-electron chi connectivity index (χ2n) is 10.5. The summed E-state index contributed by atoms with van der Waals surface area (Å²) >= 11 is 0. The Balaban J connectivity index is 1.55. The first kappa shape index (κ1) is 26.4. The van der Waals surface area contributed by atoms with Crippen LogP contribution >= 0.6 is 0 Å². The highest BCUT2D eigenvalue weighted by molar-refractivity contribution is 5.97. The van der Waals surface area contributed by atoms with Crippen LogP contribution in [-0.2, 0) is 6.42 Å². The van der Waals surface area contributed by atoms with E-state index in [2.05, 4.69) is 164 Å². The second-order valence-corrected chi connectivity index (χ2v) is 10.5. The van der Waals surface area contributed by atoms with Gasteiger partial charge in [-0.1, -0.05) is 111 Å². The third kappa shape index (κ3) is 4.56. The second kappa shape index (κ2) is 11.3. The van der Waals surface area contributed by atoms with Gasteiger partial charge in [-0.3, -0.25) is 0 Å². The van der Waals surface area contributed by atoms with Crippen LogP contribution in [0, 0.1) is 0 Å². The number of para-hydroxylation sites is 4. The van der Waals surface area contributed by atoms with Crippen LogP contribution in [0.15, 0.2) is 122 Å². The number of hydrogen-bond acceptors (Lipinski definition) is 0. The van der Waals surface area contributed by atoms with Gasteiger partial charge in [-0.15, -0.1) is 0 Å². The van der Waals surface area contributed by atoms with Crippen LogP contribution in [0.5, 0.6) is 0 Å². The number of aromatic nitrogens is 2. The van der Waals surface area contributed by atoms with Crippen molar-refractivity contribution in [2.45, 2.75) is 33.1 Å². The Hall–Kier alpha value is -4.82. The van der Waals surface area contributed by atoms with Crippen molar-refractivity contribution in [2.75, 3.05) is 0 Å². The molecular formula is C39H36N2. The molecule has 1 atom stereocenters. The molecule has 0 saturated carbocycles. The normalized spacial score (nSPS) is 12.7. The zero-order valence-electron chi connectivity index (χ0n) is 24.1. The number of hydrogen-bond donors (Lipinski definition) is 0. The van der Waals surface area contributed by atoms with Crippen LogP contribution in [0.1, 0.15) is 54.8 Å². The van der Waals surface area contributed by atoms with Crippen molar-refractivity contribution < 1.29 is 0 Å². The summed E-state index contributed by atoms with van der Waals surface area (Å²) in [5.74, 6) is 0.180. The van der Waals surface area contributed by atoms with Crippen molar-refractivity contribution in [1.29, 1.82) is 0 Å². The van der Waals surface area contributed by atoms with Gasteiger partial charge in [0.1, 0.15) is 0 Å². The molecule has 6 rings (SSSR count). The van der Waals surface area contributed by atoms with Gasteiger partial charge in [0, 0.05) is 39.3 Å². The Bertz CT molecular complexity index is 1900. The standard InChI is InChI=1S/C39H36N2/c1-5-17-36-32(7-3)35-24-16-23-33(39(35)41(36)30-20-12-9-13-21-30)28(4)26-27-38-31(6-2)34-22-14-15-25-37(34)40(38)29-18-10-8-11-19-29/h5,7-28H,3,6H2,1-2,4H3/b17-5-,27-26-. The van der Waals surface area contributed by atoms with Crippen molar-refractivity contribution in [2.24, 2.45) is 0 Å². The van der Waals surface area contributed by atoms with Crippen LogP contribution in [0.4, 0.5) is 0 Å². The summed E-state index contributed by atoms with van der Waals surface area (Å²) in [5, 5.41) is 2.54. The first-order valence-electron chi connectivity index (χ1n) is 14.5. The molecule has 0 radical (unpaired) electrons. The summed E-state index contributed by atoms with van der Waals surface area (Å²) in [6, 6.07) is 36.8. The first-order valence-corrected chi connectivity index (χ1v) is 14.5. The monoisotopic (exact) mass is 532 g/mol. The van der Waals surface area contributed by atoms with E-state index in [4.69, 9.17) is 0 Å². The van der Waals surface area contributed by atoms with Gasteiger partial charge < -0.3 is 9.13 Å². The maximum absolute atomic E-state index is 4.20. The molecule has 0 spiro atoms. The Morgan fingerprint density at radius 3 is 2.00 bits per heavy atom. The largest absolute Gasteiger partial charge is 0.310 e. The average Bonchev–Trinajstić information content (AvgIpc) is 3.52. The fourth-order valence-corrected chi connectivity index (χ4v) is 6.22. The van der Waals surface area contributed by atoms with E-state index >= 15 is 0 Å². The van der Waals surface area contributed by atoms with E-state index in [9.17, 15) is 0 Å². The van der Waals surface area contributed by atoms with E-state index in [0.29, 0.717) is 0 Å². The van der Waals surface area contributed by atoms with Gasteiger partial charge >= 0.3 is 0 Å². The molecule has 0 saturated heterocycles. The van der Waals surface area contributed by atoms with Crippen LogP contribution in [-0.4, -0.2) is 9.13 Å². The SMILES string of the molecule is C=Cc1c(/C=C\C)n(-c2ccccc2)c2c(C(C)/C=C\c3c(CC)c4ccccc4n3-c3ccccc3)cccc12. The quantitative estimate of drug-likeness (QED) is 0.184. The minimum absolute atomic E-state index is 0.180. The summed E-state index contributed by atoms with van der Waals surface area (Å²) < 4.78 is 4.80. The molecule has 0 aliphatic heterocycles. The van der Waals surface area contributed by atoms with Gasteiger partial charge in [0.15, 0.2) is 0 Å². The van der Waals surface area contributed by atoms with E-state index in [1.165, 1.54) is 44.3 Å². The third-order valence-electron chi connectivity index (χ3n) is 8.06. The van der Waals surface area contributed by atoms with Crippen molar-refractivity contribution in [3.63, 3.8) is 0 Å². The molecule has 1 unspecified atom stereocenters. The van der Waals surface area contributed by atoms with Crippen LogP contribution in [0.25, 0.3) is 51.4 Å². The van der Waals surface area contributed by atoms with Gasteiger partial charge in [0.05, 0.1) is 16.7 Å². The molecule has 2 nitrogen and oxygen atoms in total. The van der Waals surface area contributed by atoms with Gasteiger partial charge in [0.2, 0.25) is 0 Å². The summed E-state index contributed by atoms with van der Waals surface area (Å²) in [6.45, 7) is 10.8. The number of allylic oxidation sites excluding steroid dienone is 2. The van der Waals surface area contributed by atoms with E-state index in [1.807, 2.05) is 6.08 Å². The first-order chi connectivity index (χ1) is 20.2. The van der Waals surface area contributed by atoms with Crippen LogP contribution < -0.4 is 0 Å². The van der Waals surface area contributed by atoms with Crippen LogP contribution in [0.3, 0.4) is 0 Å². The van der Waals surface area contributed by atoms with Gasteiger partial charge in [-0.05, 0) is 67.0 Å². The fraction of sp³-hybridized carbons (Fsp3) is 0.128. The zero-order chi connectivity index (χ0) is 28.3. The average molecular weight is 533 g/mol. The smallest absolute Gasteiger partial charge is 0.0578 e. The summed E-state index contributed by atoms with van der Waals surface area (Å²) in [7, 11) is 0.